The summed E-state index contributed by atoms with van der Waals surface area (Å²) in [6.07, 6.45) is 4.36. The molecule has 2 heterocycles. The van der Waals surface area contributed by atoms with Crippen LogP contribution in [0.3, 0.4) is 0 Å². The third-order valence-electron chi connectivity index (χ3n) is 2.88. The van der Waals surface area contributed by atoms with Crippen molar-refractivity contribution >= 4 is 23.2 Å². The fraction of sp³-hybridized carbons (Fsp3) is 0.143. The predicted molar refractivity (Wildman–Crippen MR) is 84.4 cm³/mol. The van der Waals surface area contributed by atoms with Crippen LogP contribution in [0.15, 0.2) is 36.8 Å². The van der Waals surface area contributed by atoms with Gasteiger partial charge in [0, 0.05) is 6.07 Å². The van der Waals surface area contributed by atoms with Crippen molar-refractivity contribution < 1.29 is 18.3 Å². The summed E-state index contributed by atoms with van der Waals surface area (Å²) in [4.78, 5) is 7.77. The SMILES string of the molecule is FC(F)Oc1cc(-n2cc(COc3ncc(Cl)cn3)nn2)ccc1Cl. The molecule has 0 radical (unpaired) electrons. The molecule has 0 aliphatic heterocycles. The van der Waals surface area contributed by atoms with Gasteiger partial charge in [-0.05, 0) is 12.1 Å². The van der Waals surface area contributed by atoms with E-state index in [1.165, 1.54) is 29.2 Å². The number of hydrogen-bond acceptors (Lipinski definition) is 6. The van der Waals surface area contributed by atoms with E-state index in [1.54, 1.807) is 12.3 Å². The van der Waals surface area contributed by atoms with Crippen LogP contribution in [-0.4, -0.2) is 31.6 Å². The van der Waals surface area contributed by atoms with Gasteiger partial charge in [0.15, 0.2) is 0 Å². The zero-order valence-electron chi connectivity index (χ0n) is 12.3. The molecule has 11 heteroatoms. The fourth-order valence-electron chi connectivity index (χ4n) is 1.83. The molecule has 130 valence electrons. The average molecular weight is 388 g/mol. The van der Waals surface area contributed by atoms with Crippen molar-refractivity contribution in [3.63, 3.8) is 0 Å². The van der Waals surface area contributed by atoms with Gasteiger partial charge in [0.05, 0.1) is 34.3 Å². The Morgan fingerprint density at radius 3 is 2.64 bits per heavy atom. The molecule has 0 atom stereocenters. The average Bonchev–Trinajstić information content (AvgIpc) is 3.05. The van der Waals surface area contributed by atoms with E-state index in [9.17, 15) is 8.78 Å². The van der Waals surface area contributed by atoms with Crippen molar-refractivity contribution in [1.29, 1.82) is 0 Å². The van der Waals surface area contributed by atoms with Gasteiger partial charge >= 0.3 is 12.6 Å². The molecule has 2 aromatic heterocycles. The number of aromatic nitrogens is 5. The predicted octanol–water partition coefficient (Wildman–Crippen LogP) is 3.54. The van der Waals surface area contributed by atoms with Crippen molar-refractivity contribution in [2.24, 2.45) is 0 Å². The minimum atomic E-state index is -2.98. The first-order chi connectivity index (χ1) is 12.0. The topological polar surface area (TPSA) is 75.0 Å². The number of nitrogens with zero attached hydrogens (tertiary/aromatic N) is 5. The molecule has 0 aliphatic rings. The molecule has 3 aromatic rings. The van der Waals surface area contributed by atoms with Gasteiger partial charge in [-0.1, -0.05) is 28.4 Å². The standard InChI is InChI=1S/C14H9Cl2F2N5O2/c15-8-4-19-14(20-5-8)24-7-9-6-23(22-21-9)10-1-2-11(16)12(3-10)25-13(17)18/h1-6,13H,7H2. The highest BCUT2D eigenvalue weighted by atomic mass is 35.5. The second kappa shape index (κ2) is 7.58. The maximum Gasteiger partial charge on any atom is 0.387 e. The summed E-state index contributed by atoms with van der Waals surface area (Å²) in [5.41, 5.74) is 0.923. The molecule has 0 aliphatic carbocycles. The minimum Gasteiger partial charge on any atom is -0.457 e. The van der Waals surface area contributed by atoms with E-state index < -0.39 is 6.61 Å². The zero-order chi connectivity index (χ0) is 17.8. The van der Waals surface area contributed by atoms with Crippen LogP contribution in [0, 0.1) is 0 Å². The lowest BCUT2D eigenvalue weighted by molar-refractivity contribution is -0.0497. The summed E-state index contributed by atoms with van der Waals surface area (Å²) < 4.78 is 35.8. The van der Waals surface area contributed by atoms with Crippen molar-refractivity contribution in [1.82, 2.24) is 25.0 Å². The Balaban J connectivity index is 1.71. The fourth-order valence-corrected chi connectivity index (χ4v) is 2.08. The quantitative estimate of drug-likeness (QED) is 0.643. The molecule has 0 bridgehead atoms. The van der Waals surface area contributed by atoms with Gasteiger partial charge in [0.1, 0.15) is 18.1 Å². The minimum absolute atomic E-state index is 0.0626. The van der Waals surface area contributed by atoms with E-state index in [-0.39, 0.29) is 23.4 Å². The summed E-state index contributed by atoms with van der Waals surface area (Å²) >= 11 is 11.5. The summed E-state index contributed by atoms with van der Waals surface area (Å²) in [6.45, 7) is -2.91. The molecular formula is C14H9Cl2F2N5O2. The Bertz CT molecular complexity index is 861. The highest BCUT2D eigenvalue weighted by Crippen LogP contribution is 2.28. The smallest absolute Gasteiger partial charge is 0.387 e. The monoisotopic (exact) mass is 387 g/mol. The summed E-state index contributed by atoms with van der Waals surface area (Å²) in [5, 5.41) is 8.28. The van der Waals surface area contributed by atoms with E-state index in [2.05, 4.69) is 25.0 Å². The van der Waals surface area contributed by atoms with Crippen LogP contribution < -0.4 is 9.47 Å². The summed E-state index contributed by atoms with van der Waals surface area (Å²) in [6, 6.07) is 4.48. The van der Waals surface area contributed by atoms with Crippen LogP contribution in [0.1, 0.15) is 5.69 Å². The Morgan fingerprint density at radius 2 is 1.92 bits per heavy atom. The van der Waals surface area contributed by atoms with Gasteiger partial charge in [-0.15, -0.1) is 5.10 Å². The first-order valence-electron chi connectivity index (χ1n) is 6.77. The highest BCUT2D eigenvalue weighted by molar-refractivity contribution is 6.32. The lowest BCUT2D eigenvalue weighted by Gasteiger charge is -2.08. The number of halogens is 4. The van der Waals surface area contributed by atoms with Crippen LogP contribution in [0.2, 0.25) is 10.0 Å². The van der Waals surface area contributed by atoms with Gasteiger partial charge in [-0.25, -0.2) is 14.6 Å². The number of ether oxygens (including phenoxy) is 2. The van der Waals surface area contributed by atoms with Gasteiger partial charge in [-0.2, -0.15) is 8.78 Å². The van der Waals surface area contributed by atoms with Gasteiger partial charge in [0.25, 0.3) is 0 Å². The first kappa shape index (κ1) is 17.3. The second-order valence-corrected chi connectivity index (χ2v) is 5.46. The molecule has 0 amide bonds. The van der Waals surface area contributed by atoms with Crippen molar-refractivity contribution in [3.8, 4) is 17.4 Å². The molecule has 0 fully saturated rings. The van der Waals surface area contributed by atoms with E-state index in [0.717, 1.165) is 0 Å². The second-order valence-electron chi connectivity index (χ2n) is 4.62. The van der Waals surface area contributed by atoms with E-state index in [0.29, 0.717) is 16.4 Å². The summed E-state index contributed by atoms with van der Waals surface area (Å²) in [5.74, 6) is -0.156. The van der Waals surface area contributed by atoms with Crippen LogP contribution in [0.4, 0.5) is 8.78 Å². The number of alkyl halides is 2. The molecule has 0 N–H and O–H groups in total. The Morgan fingerprint density at radius 1 is 1.16 bits per heavy atom. The Labute approximate surface area is 150 Å². The molecule has 7 nitrogen and oxygen atoms in total. The Kier molecular flexibility index (Phi) is 5.25. The van der Waals surface area contributed by atoms with Crippen LogP contribution >= 0.6 is 23.2 Å². The van der Waals surface area contributed by atoms with Gasteiger partial charge in [-0.3, -0.25) is 0 Å². The summed E-state index contributed by atoms with van der Waals surface area (Å²) in [7, 11) is 0. The third-order valence-corrected chi connectivity index (χ3v) is 3.39. The molecule has 1 aromatic carbocycles. The van der Waals surface area contributed by atoms with Gasteiger partial charge < -0.3 is 9.47 Å². The van der Waals surface area contributed by atoms with E-state index in [4.69, 9.17) is 27.9 Å². The van der Waals surface area contributed by atoms with E-state index >= 15 is 0 Å². The maximum atomic E-state index is 12.4. The van der Waals surface area contributed by atoms with E-state index in [1.807, 2.05) is 0 Å². The molecule has 25 heavy (non-hydrogen) atoms. The normalized spacial score (nSPS) is 10.9. The van der Waals surface area contributed by atoms with Crippen molar-refractivity contribution in [3.05, 3.63) is 52.5 Å². The number of hydrogen-bond donors (Lipinski definition) is 0. The van der Waals surface area contributed by atoms with Crippen LogP contribution in [0.25, 0.3) is 5.69 Å². The molecule has 0 spiro atoms. The van der Waals surface area contributed by atoms with Gasteiger partial charge in [0.2, 0.25) is 0 Å². The molecule has 3 rings (SSSR count). The van der Waals surface area contributed by atoms with Crippen LogP contribution in [-0.2, 0) is 6.61 Å². The number of benzene rings is 1. The zero-order valence-corrected chi connectivity index (χ0v) is 13.8. The molecule has 0 saturated heterocycles. The first-order valence-corrected chi connectivity index (χ1v) is 7.53. The molecule has 0 saturated carbocycles. The lowest BCUT2D eigenvalue weighted by atomic mass is 10.3. The van der Waals surface area contributed by atoms with Crippen LogP contribution in [0.5, 0.6) is 11.8 Å². The third kappa shape index (κ3) is 4.52. The molecule has 0 unspecified atom stereocenters. The molecular weight excluding hydrogens is 379 g/mol. The lowest BCUT2D eigenvalue weighted by Crippen LogP contribution is -2.03. The highest BCUT2D eigenvalue weighted by Gasteiger charge is 2.11. The number of rotatable bonds is 6. The Hall–Kier alpha value is -2.52. The van der Waals surface area contributed by atoms with Crippen molar-refractivity contribution in [2.75, 3.05) is 0 Å². The maximum absolute atomic E-state index is 12.4. The largest absolute Gasteiger partial charge is 0.457 e. The van der Waals surface area contributed by atoms with Crippen molar-refractivity contribution in [2.45, 2.75) is 13.2 Å².